The molecule has 0 amide bonds. The Morgan fingerprint density at radius 2 is 2.05 bits per heavy atom. The lowest BCUT2D eigenvalue weighted by Gasteiger charge is -2.28. The highest BCUT2D eigenvalue weighted by atomic mass is 16.5. The molecule has 0 saturated heterocycles. The van der Waals surface area contributed by atoms with Gasteiger partial charge in [-0.3, -0.25) is 0 Å². The van der Waals surface area contributed by atoms with Gasteiger partial charge in [-0.2, -0.15) is 0 Å². The van der Waals surface area contributed by atoms with E-state index < -0.39 is 0 Å². The Morgan fingerprint density at radius 3 is 2.62 bits per heavy atom. The molecule has 0 unspecified atom stereocenters. The maximum Gasteiger partial charge on any atom is 0.333 e. The molecule has 1 aliphatic carbocycles. The lowest BCUT2D eigenvalue weighted by atomic mass is 9.78. The Hall–Kier alpha value is -0.870. The number of rotatable bonds is 9. The molecule has 0 aromatic carbocycles. The predicted molar refractivity (Wildman–Crippen MR) is 85.0 cm³/mol. The van der Waals surface area contributed by atoms with Gasteiger partial charge in [0.25, 0.3) is 0 Å². The van der Waals surface area contributed by atoms with Crippen LogP contribution in [0.15, 0.2) is 11.6 Å². The van der Waals surface area contributed by atoms with Crippen LogP contribution in [0.5, 0.6) is 0 Å². The Kier molecular flexibility index (Phi) is 9.35. The van der Waals surface area contributed by atoms with Gasteiger partial charge in [0.2, 0.25) is 0 Å². The number of carbonyl (C=O) groups is 1. The van der Waals surface area contributed by atoms with Crippen molar-refractivity contribution in [3.05, 3.63) is 11.6 Å². The molecule has 1 aliphatic rings. The van der Waals surface area contributed by atoms with Crippen LogP contribution in [-0.2, 0) is 9.53 Å². The minimum atomic E-state index is -0.132. The number of carbonyl (C=O) groups excluding carboxylic acids is 1. The Morgan fingerprint density at radius 1 is 1.33 bits per heavy atom. The third kappa shape index (κ3) is 6.62. The quantitative estimate of drug-likeness (QED) is 0.390. The highest BCUT2D eigenvalue weighted by Crippen LogP contribution is 2.33. The van der Waals surface area contributed by atoms with Crippen LogP contribution in [0.4, 0.5) is 0 Å². The van der Waals surface area contributed by atoms with Crippen molar-refractivity contribution in [1.29, 1.82) is 0 Å². The number of esters is 1. The second-order valence-electron chi connectivity index (χ2n) is 5.94. The molecule has 0 spiro atoms. The lowest BCUT2D eigenvalue weighted by Crippen LogP contribution is -2.23. The van der Waals surface area contributed by atoms with Crippen LogP contribution in [-0.4, -0.2) is 37.9 Å². The maximum absolute atomic E-state index is 12.3. The maximum atomic E-state index is 12.3. The zero-order valence-corrected chi connectivity index (χ0v) is 13.6. The molecule has 0 aromatic heterocycles. The van der Waals surface area contributed by atoms with Gasteiger partial charge in [-0.1, -0.05) is 19.4 Å². The summed E-state index contributed by atoms with van der Waals surface area (Å²) in [6.07, 6.45) is 8.85. The molecule has 0 atom stereocenters. The van der Waals surface area contributed by atoms with Gasteiger partial charge in [-0.25, -0.2) is 4.79 Å². The van der Waals surface area contributed by atoms with Crippen LogP contribution in [0.3, 0.4) is 0 Å². The predicted octanol–water partition coefficient (Wildman–Crippen LogP) is 2.66. The van der Waals surface area contributed by atoms with Crippen molar-refractivity contribution in [2.24, 2.45) is 11.8 Å². The largest absolute Gasteiger partial charge is 0.462 e. The molecular formula is C17H31NO3. The topological polar surface area (TPSA) is 58.6 Å². The monoisotopic (exact) mass is 297 g/mol. The lowest BCUT2D eigenvalue weighted by molar-refractivity contribution is -0.140. The molecule has 0 aromatic rings. The van der Waals surface area contributed by atoms with Gasteiger partial charge < -0.3 is 15.2 Å². The SMILES string of the molecule is CCCCOC(=O)C(=CCCNC)C1CCC(CO)CC1. The molecule has 1 rings (SSSR count). The number of ether oxygens (including phenoxy) is 1. The first kappa shape index (κ1) is 18.2. The molecule has 4 heteroatoms. The summed E-state index contributed by atoms with van der Waals surface area (Å²) in [5, 5.41) is 12.3. The van der Waals surface area contributed by atoms with E-state index in [-0.39, 0.29) is 12.6 Å². The highest BCUT2D eigenvalue weighted by Gasteiger charge is 2.27. The highest BCUT2D eigenvalue weighted by molar-refractivity contribution is 5.89. The van der Waals surface area contributed by atoms with E-state index in [0.29, 0.717) is 18.4 Å². The summed E-state index contributed by atoms with van der Waals surface area (Å²) in [7, 11) is 1.92. The van der Waals surface area contributed by atoms with E-state index in [9.17, 15) is 9.90 Å². The smallest absolute Gasteiger partial charge is 0.333 e. The first-order valence-electron chi connectivity index (χ1n) is 8.35. The summed E-state index contributed by atoms with van der Waals surface area (Å²) in [4.78, 5) is 12.3. The molecule has 1 saturated carbocycles. The van der Waals surface area contributed by atoms with Gasteiger partial charge in [-0.15, -0.1) is 0 Å². The van der Waals surface area contributed by atoms with Gasteiger partial charge >= 0.3 is 5.97 Å². The van der Waals surface area contributed by atoms with E-state index in [1.165, 1.54) is 0 Å². The number of nitrogens with one attached hydrogen (secondary N) is 1. The van der Waals surface area contributed by atoms with Crippen molar-refractivity contribution in [3.8, 4) is 0 Å². The van der Waals surface area contributed by atoms with E-state index >= 15 is 0 Å². The average molecular weight is 297 g/mol. The van der Waals surface area contributed by atoms with Crippen molar-refractivity contribution in [3.63, 3.8) is 0 Å². The van der Waals surface area contributed by atoms with Crippen LogP contribution in [0.1, 0.15) is 51.9 Å². The molecule has 0 radical (unpaired) electrons. The van der Waals surface area contributed by atoms with Crippen LogP contribution >= 0.6 is 0 Å². The number of hydrogen-bond donors (Lipinski definition) is 2. The molecule has 0 aliphatic heterocycles. The standard InChI is InChI=1S/C17H31NO3/c1-3-4-12-21-17(20)16(6-5-11-18-2)15-9-7-14(13-19)8-10-15/h6,14-15,18-19H,3-5,7-13H2,1-2H3. The molecular weight excluding hydrogens is 266 g/mol. The van der Waals surface area contributed by atoms with E-state index in [0.717, 1.165) is 57.1 Å². The van der Waals surface area contributed by atoms with E-state index in [2.05, 4.69) is 18.3 Å². The van der Waals surface area contributed by atoms with Crippen molar-refractivity contribution < 1.29 is 14.6 Å². The van der Waals surface area contributed by atoms with Crippen molar-refractivity contribution >= 4 is 5.97 Å². The summed E-state index contributed by atoms with van der Waals surface area (Å²) < 4.78 is 5.40. The zero-order valence-electron chi connectivity index (χ0n) is 13.6. The van der Waals surface area contributed by atoms with E-state index in [4.69, 9.17) is 4.74 Å². The first-order valence-corrected chi connectivity index (χ1v) is 8.35. The van der Waals surface area contributed by atoms with Crippen molar-refractivity contribution in [2.45, 2.75) is 51.9 Å². The number of hydrogen-bond acceptors (Lipinski definition) is 4. The van der Waals surface area contributed by atoms with Crippen molar-refractivity contribution in [1.82, 2.24) is 5.32 Å². The van der Waals surface area contributed by atoms with E-state index in [1.807, 2.05) is 7.05 Å². The second kappa shape index (κ2) is 10.8. The van der Waals surface area contributed by atoms with Crippen LogP contribution in [0, 0.1) is 11.8 Å². The summed E-state index contributed by atoms with van der Waals surface area (Å²) >= 11 is 0. The fourth-order valence-electron chi connectivity index (χ4n) is 2.84. The summed E-state index contributed by atoms with van der Waals surface area (Å²) in [5.74, 6) is 0.585. The van der Waals surface area contributed by atoms with Gasteiger partial charge in [0.1, 0.15) is 0 Å². The first-order chi connectivity index (χ1) is 10.2. The minimum Gasteiger partial charge on any atom is -0.462 e. The summed E-state index contributed by atoms with van der Waals surface area (Å²) in [5.41, 5.74) is 0.859. The molecule has 0 heterocycles. The van der Waals surface area contributed by atoms with Crippen molar-refractivity contribution in [2.75, 3.05) is 26.8 Å². The second-order valence-corrected chi connectivity index (χ2v) is 5.94. The number of unbranched alkanes of at least 4 members (excludes halogenated alkanes) is 1. The molecule has 2 N–H and O–H groups in total. The van der Waals surface area contributed by atoms with Gasteiger partial charge in [0.15, 0.2) is 0 Å². The zero-order chi connectivity index (χ0) is 15.5. The van der Waals surface area contributed by atoms with Crippen LogP contribution in [0.25, 0.3) is 0 Å². The van der Waals surface area contributed by atoms with Gasteiger partial charge in [-0.05, 0) is 64.0 Å². The minimum absolute atomic E-state index is 0.132. The third-order valence-electron chi connectivity index (χ3n) is 4.27. The Balaban J connectivity index is 2.59. The number of aliphatic hydroxyl groups is 1. The number of aliphatic hydroxyl groups excluding tert-OH is 1. The molecule has 122 valence electrons. The fourth-order valence-corrected chi connectivity index (χ4v) is 2.84. The normalized spacial score (nSPS) is 23.1. The molecule has 21 heavy (non-hydrogen) atoms. The van der Waals surface area contributed by atoms with Crippen LogP contribution < -0.4 is 5.32 Å². The Bertz CT molecular complexity index is 320. The van der Waals surface area contributed by atoms with E-state index in [1.54, 1.807) is 0 Å². The van der Waals surface area contributed by atoms with Gasteiger partial charge in [0, 0.05) is 12.2 Å². The average Bonchev–Trinajstić information content (AvgIpc) is 2.52. The fraction of sp³-hybridized carbons (Fsp3) is 0.824. The molecule has 0 bridgehead atoms. The molecule has 4 nitrogen and oxygen atoms in total. The third-order valence-corrected chi connectivity index (χ3v) is 4.27. The summed E-state index contributed by atoms with van der Waals surface area (Å²) in [6.45, 7) is 3.75. The van der Waals surface area contributed by atoms with Gasteiger partial charge in [0.05, 0.1) is 6.61 Å². The Labute approximate surface area is 129 Å². The van der Waals surface area contributed by atoms with Crippen LogP contribution in [0.2, 0.25) is 0 Å². The molecule has 1 fully saturated rings. The summed E-state index contributed by atoms with van der Waals surface area (Å²) in [6, 6.07) is 0.